The maximum absolute atomic E-state index is 9.39. The van der Waals surface area contributed by atoms with E-state index in [4.69, 9.17) is 21.1 Å². The molecule has 112 valence electrons. The van der Waals surface area contributed by atoms with E-state index in [1.54, 1.807) is 18.2 Å². The summed E-state index contributed by atoms with van der Waals surface area (Å²) in [7, 11) is 0. The molecule has 0 saturated carbocycles. The summed E-state index contributed by atoms with van der Waals surface area (Å²) in [5.74, 6) is 1.21. The molecule has 0 amide bonds. The number of hydrogen-bond acceptors (Lipinski definition) is 3. The van der Waals surface area contributed by atoms with Crippen molar-refractivity contribution < 1.29 is 14.6 Å². The summed E-state index contributed by atoms with van der Waals surface area (Å²) in [5.41, 5.74) is -0.245. The van der Waals surface area contributed by atoms with Gasteiger partial charge in [0.1, 0.15) is 11.5 Å². The molecular weight excluding hydrogens is 276 g/mol. The fourth-order valence-corrected chi connectivity index (χ4v) is 3.37. The van der Waals surface area contributed by atoms with Crippen molar-refractivity contribution in [3.8, 4) is 11.5 Å². The van der Waals surface area contributed by atoms with Gasteiger partial charge < -0.3 is 14.6 Å². The Morgan fingerprint density at radius 3 is 2.40 bits per heavy atom. The van der Waals surface area contributed by atoms with Crippen LogP contribution >= 0.6 is 11.6 Å². The van der Waals surface area contributed by atoms with Crippen LogP contribution in [0.15, 0.2) is 18.2 Å². The molecule has 4 heteroatoms. The molecule has 0 aromatic heterocycles. The second-order valence-corrected chi connectivity index (χ2v) is 7.23. The van der Waals surface area contributed by atoms with E-state index in [0.717, 1.165) is 12.8 Å². The Balaban J connectivity index is 1.98. The number of ether oxygens (including phenoxy) is 2. The normalized spacial score (nSPS) is 21.6. The Hall–Kier alpha value is -0.930. The summed E-state index contributed by atoms with van der Waals surface area (Å²) >= 11 is 5.88. The molecule has 1 heterocycles. The van der Waals surface area contributed by atoms with Crippen molar-refractivity contribution in [2.45, 2.75) is 51.7 Å². The molecule has 1 aromatic carbocycles. The van der Waals surface area contributed by atoms with Gasteiger partial charge in [0.05, 0.1) is 22.8 Å². The van der Waals surface area contributed by atoms with Gasteiger partial charge in [0, 0.05) is 6.07 Å². The van der Waals surface area contributed by atoms with Crippen LogP contribution in [0, 0.1) is 5.92 Å². The largest absolute Gasteiger partial charge is 0.506 e. The zero-order valence-corrected chi connectivity index (χ0v) is 13.3. The summed E-state index contributed by atoms with van der Waals surface area (Å²) < 4.78 is 11.9. The average Bonchev–Trinajstić information content (AvgIpc) is 2.27. The van der Waals surface area contributed by atoms with Crippen LogP contribution in [0.4, 0.5) is 0 Å². The van der Waals surface area contributed by atoms with Gasteiger partial charge in [0.25, 0.3) is 0 Å². The lowest BCUT2D eigenvalue weighted by molar-refractivity contribution is -0.175. The van der Waals surface area contributed by atoms with Gasteiger partial charge >= 0.3 is 0 Å². The highest BCUT2D eigenvalue weighted by Crippen LogP contribution is 2.38. The minimum atomic E-state index is -0.123. The molecule has 1 aromatic rings. The van der Waals surface area contributed by atoms with E-state index in [1.807, 2.05) is 0 Å². The number of phenols is 1. The smallest absolute Gasteiger partial charge is 0.134 e. The summed E-state index contributed by atoms with van der Waals surface area (Å²) in [5, 5.41) is 9.71. The Morgan fingerprint density at radius 2 is 1.85 bits per heavy atom. The van der Waals surface area contributed by atoms with Crippen molar-refractivity contribution in [2.24, 2.45) is 5.92 Å². The van der Waals surface area contributed by atoms with E-state index in [0.29, 0.717) is 23.3 Å². The first-order chi connectivity index (χ1) is 9.17. The lowest BCUT2D eigenvalue weighted by atomic mass is 9.81. The number of phenolic OH excluding ortho intramolecular Hbond substituents is 1. The topological polar surface area (TPSA) is 38.7 Å². The first-order valence-electron chi connectivity index (χ1n) is 6.98. The fraction of sp³-hybridized carbons (Fsp3) is 0.625. The molecule has 1 aliphatic heterocycles. The van der Waals surface area contributed by atoms with Gasteiger partial charge in [-0.25, -0.2) is 0 Å². The average molecular weight is 299 g/mol. The van der Waals surface area contributed by atoms with Crippen LogP contribution in [0.25, 0.3) is 0 Å². The Bertz CT molecular complexity index is 467. The highest BCUT2D eigenvalue weighted by Gasteiger charge is 2.39. The standard InChI is InChI=1S/C16H23ClO3/c1-15(2)8-11(9-16(3,4)20-15)10-19-12-5-6-14(18)13(17)7-12/h5-7,11,18H,8-10H2,1-4H3. The molecule has 0 radical (unpaired) electrons. The molecule has 0 atom stereocenters. The van der Waals surface area contributed by atoms with Crippen molar-refractivity contribution in [3.63, 3.8) is 0 Å². The Morgan fingerprint density at radius 1 is 1.25 bits per heavy atom. The lowest BCUT2D eigenvalue weighted by Crippen LogP contribution is -2.46. The molecule has 1 aliphatic rings. The van der Waals surface area contributed by atoms with E-state index in [-0.39, 0.29) is 17.0 Å². The Kier molecular flexibility index (Phi) is 4.22. The van der Waals surface area contributed by atoms with Crippen LogP contribution in [0.1, 0.15) is 40.5 Å². The molecule has 3 nitrogen and oxygen atoms in total. The van der Waals surface area contributed by atoms with Crippen molar-refractivity contribution in [1.82, 2.24) is 0 Å². The first kappa shape index (κ1) is 15.5. The van der Waals surface area contributed by atoms with E-state index < -0.39 is 0 Å². The summed E-state index contributed by atoms with van der Waals surface area (Å²) in [6.45, 7) is 9.13. The summed E-state index contributed by atoms with van der Waals surface area (Å²) in [6.07, 6.45) is 1.95. The highest BCUT2D eigenvalue weighted by molar-refractivity contribution is 6.32. The third-order valence-electron chi connectivity index (χ3n) is 3.52. The van der Waals surface area contributed by atoms with Crippen molar-refractivity contribution >= 4 is 11.6 Å². The number of hydrogen-bond donors (Lipinski definition) is 1. The van der Waals surface area contributed by atoms with Gasteiger partial charge in [-0.05, 0) is 58.6 Å². The number of benzene rings is 1. The van der Waals surface area contributed by atoms with Crippen molar-refractivity contribution in [2.75, 3.05) is 6.61 Å². The fourth-order valence-electron chi connectivity index (χ4n) is 3.20. The maximum atomic E-state index is 9.39. The molecule has 0 unspecified atom stereocenters. The minimum Gasteiger partial charge on any atom is -0.506 e. The maximum Gasteiger partial charge on any atom is 0.134 e. The zero-order valence-electron chi connectivity index (χ0n) is 12.6. The van der Waals surface area contributed by atoms with Crippen LogP contribution in [-0.2, 0) is 4.74 Å². The monoisotopic (exact) mass is 298 g/mol. The zero-order chi connectivity index (χ0) is 15.0. The molecule has 0 spiro atoms. The first-order valence-corrected chi connectivity index (χ1v) is 7.36. The van der Waals surface area contributed by atoms with E-state index in [1.165, 1.54) is 0 Å². The predicted octanol–water partition coefficient (Wildman–Crippen LogP) is 4.41. The van der Waals surface area contributed by atoms with Gasteiger partial charge in [-0.2, -0.15) is 0 Å². The van der Waals surface area contributed by atoms with E-state index in [9.17, 15) is 5.11 Å². The molecule has 1 N–H and O–H groups in total. The molecule has 0 bridgehead atoms. The van der Waals surface area contributed by atoms with Crippen LogP contribution in [0.2, 0.25) is 5.02 Å². The number of rotatable bonds is 3. The number of aromatic hydroxyl groups is 1. The number of halogens is 1. The van der Waals surface area contributed by atoms with Crippen LogP contribution < -0.4 is 4.74 Å². The predicted molar refractivity (Wildman–Crippen MR) is 80.6 cm³/mol. The van der Waals surface area contributed by atoms with Crippen molar-refractivity contribution in [3.05, 3.63) is 23.2 Å². The quantitative estimate of drug-likeness (QED) is 0.898. The second-order valence-electron chi connectivity index (χ2n) is 6.82. The summed E-state index contributed by atoms with van der Waals surface area (Å²) in [6, 6.07) is 4.93. The van der Waals surface area contributed by atoms with Gasteiger partial charge in [0.2, 0.25) is 0 Å². The van der Waals surface area contributed by atoms with E-state index in [2.05, 4.69) is 27.7 Å². The molecule has 0 aliphatic carbocycles. The molecule has 1 saturated heterocycles. The molecule has 1 fully saturated rings. The highest BCUT2D eigenvalue weighted by atomic mass is 35.5. The SMILES string of the molecule is CC1(C)CC(COc2ccc(O)c(Cl)c2)CC(C)(C)O1. The Labute approximate surface area is 125 Å². The van der Waals surface area contributed by atoms with Gasteiger partial charge in [-0.15, -0.1) is 0 Å². The van der Waals surface area contributed by atoms with Gasteiger partial charge in [-0.3, -0.25) is 0 Å². The summed E-state index contributed by atoms with van der Waals surface area (Å²) in [4.78, 5) is 0. The van der Waals surface area contributed by atoms with Crippen LogP contribution in [-0.4, -0.2) is 22.9 Å². The third-order valence-corrected chi connectivity index (χ3v) is 3.82. The molecular formula is C16H23ClO3. The van der Waals surface area contributed by atoms with Crippen molar-refractivity contribution in [1.29, 1.82) is 0 Å². The molecule has 20 heavy (non-hydrogen) atoms. The third kappa shape index (κ3) is 4.03. The van der Waals surface area contributed by atoms with Gasteiger partial charge in [0.15, 0.2) is 0 Å². The molecule has 2 rings (SSSR count). The second kappa shape index (κ2) is 5.45. The lowest BCUT2D eigenvalue weighted by Gasteiger charge is -2.45. The van der Waals surface area contributed by atoms with Crippen LogP contribution in [0.3, 0.4) is 0 Å². The minimum absolute atomic E-state index is 0.0762. The van der Waals surface area contributed by atoms with Gasteiger partial charge in [-0.1, -0.05) is 11.6 Å². The van der Waals surface area contributed by atoms with E-state index >= 15 is 0 Å². The van der Waals surface area contributed by atoms with Crippen LogP contribution in [0.5, 0.6) is 11.5 Å².